The van der Waals surface area contributed by atoms with E-state index in [1.807, 2.05) is 32.2 Å². The molecular weight excluding hydrogens is 320 g/mol. The van der Waals surface area contributed by atoms with Gasteiger partial charge in [0.2, 0.25) is 0 Å². The first kappa shape index (κ1) is 16.7. The summed E-state index contributed by atoms with van der Waals surface area (Å²) in [5, 5.41) is 14.7. The van der Waals surface area contributed by atoms with Crippen LogP contribution in [0.15, 0.2) is 18.2 Å². The van der Waals surface area contributed by atoms with E-state index < -0.39 is 0 Å². The van der Waals surface area contributed by atoms with E-state index in [1.54, 1.807) is 25.8 Å². The van der Waals surface area contributed by atoms with Crippen molar-refractivity contribution >= 4 is 22.6 Å². The molecule has 0 aliphatic rings. The van der Waals surface area contributed by atoms with Gasteiger partial charge in [-0.1, -0.05) is 5.21 Å². The van der Waals surface area contributed by atoms with Crippen LogP contribution in [0.4, 0.5) is 5.82 Å². The molecule has 2 N–H and O–H groups in total. The maximum atomic E-state index is 11.9. The largest absolute Gasteiger partial charge is 0.494 e. The van der Waals surface area contributed by atoms with Gasteiger partial charge in [-0.3, -0.25) is 4.79 Å². The summed E-state index contributed by atoms with van der Waals surface area (Å²) in [6.07, 6.45) is 0. The Balaban J connectivity index is 2.25. The van der Waals surface area contributed by atoms with Crippen LogP contribution in [-0.4, -0.2) is 47.1 Å². The highest BCUT2D eigenvalue weighted by molar-refractivity contribution is 5.93. The third kappa shape index (κ3) is 2.75. The molecule has 0 unspecified atom stereocenters. The van der Waals surface area contributed by atoms with Gasteiger partial charge in [0.25, 0.3) is 5.91 Å². The van der Waals surface area contributed by atoms with Gasteiger partial charge in [0, 0.05) is 19.5 Å². The number of nitrogens with one attached hydrogen (secondary N) is 2. The molecular formula is C17H20N6O2. The van der Waals surface area contributed by atoms with E-state index in [9.17, 15) is 4.79 Å². The fourth-order valence-electron chi connectivity index (χ4n) is 2.75. The number of nitrogens with zero attached hydrogens (tertiary/aromatic N) is 4. The van der Waals surface area contributed by atoms with Gasteiger partial charge < -0.3 is 15.4 Å². The lowest BCUT2D eigenvalue weighted by atomic mass is 10.1. The van der Waals surface area contributed by atoms with Gasteiger partial charge in [-0.25, -0.2) is 9.67 Å². The molecule has 1 amide bonds. The smallest absolute Gasteiger partial charge is 0.273 e. The fraction of sp³-hybridized carbons (Fsp3) is 0.294. The summed E-state index contributed by atoms with van der Waals surface area (Å²) >= 11 is 0. The molecule has 1 aromatic carbocycles. The summed E-state index contributed by atoms with van der Waals surface area (Å²) in [6.45, 7) is 3.81. The van der Waals surface area contributed by atoms with Gasteiger partial charge in [0.15, 0.2) is 5.69 Å². The minimum Gasteiger partial charge on any atom is -0.494 e. The first-order chi connectivity index (χ1) is 12.0. The number of aryl methyl sites for hydroxylation is 1. The number of anilines is 1. The van der Waals surface area contributed by atoms with E-state index in [2.05, 4.69) is 25.9 Å². The zero-order valence-corrected chi connectivity index (χ0v) is 14.8. The van der Waals surface area contributed by atoms with E-state index in [4.69, 9.17) is 4.74 Å². The van der Waals surface area contributed by atoms with Crippen molar-refractivity contribution in [2.75, 3.05) is 26.5 Å². The van der Waals surface area contributed by atoms with Gasteiger partial charge in [-0.2, -0.15) is 0 Å². The number of hydrogen-bond donors (Lipinski definition) is 2. The number of amides is 1. The number of methoxy groups -OCH3 is 1. The van der Waals surface area contributed by atoms with E-state index in [0.29, 0.717) is 17.1 Å². The number of fused-ring (bicyclic) bond motifs is 1. The first-order valence-electron chi connectivity index (χ1n) is 7.82. The summed E-state index contributed by atoms with van der Waals surface area (Å²) in [5.74, 6) is 1.13. The summed E-state index contributed by atoms with van der Waals surface area (Å²) in [4.78, 5) is 16.5. The van der Waals surface area contributed by atoms with Crippen molar-refractivity contribution in [2.24, 2.45) is 0 Å². The topological polar surface area (TPSA) is 94.0 Å². The van der Waals surface area contributed by atoms with Crippen molar-refractivity contribution in [2.45, 2.75) is 13.8 Å². The van der Waals surface area contributed by atoms with Crippen LogP contribution < -0.4 is 15.4 Å². The highest BCUT2D eigenvalue weighted by atomic mass is 16.5. The lowest BCUT2D eigenvalue weighted by molar-refractivity contribution is 0.0957. The molecule has 2 heterocycles. The van der Waals surface area contributed by atoms with Crippen molar-refractivity contribution in [3.05, 3.63) is 35.2 Å². The number of carbonyl (C=O) groups excluding carboxylic acids is 1. The number of benzene rings is 1. The van der Waals surface area contributed by atoms with Crippen LogP contribution in [0, 0.1) is 13.8 Å². The Bertz CT molecular complexity index is 963. The molecule has 0 aliphatic heterocycles. The van der Waals surface area contributed by atoms with E-state index >= 15 is 0 Å². The molecule has 0 saturated carbocycles. The molecule has 130 valence electrons. The molecule has 0 saturated heterocycles. The third-order valence-corrected chi connectivity index (χ3v) is 4.14. The van der Waals surface area contributed by atoms with Gasteiger partial charge in [0.1, 0.15) is 17.3 Å². The summed E-state index contributed by atoms with van der Waals surface area (Å²) < 4.78 is 7.13. The Labute approximate surface area is 145 Å². The number of hydrogen-bond acceptors (Lipinski definition) is 6. The molecule has 0 radical (unpaired) electrons. The Kier molecular flexibility index (Phi) is 4.26. The van der Waals surface area contributed by atoms with Crippen LogP contribution in [0.1, 0.15) is 21.7 Å². The van der Waals surface area contributed by atoms with E-state index in [0.717, 1.165) is 22.3 Å². The molecule has 0 bridgehead atoms. The second-order valence-electron chi connectivity index (χ2n) is 5.63. The normalized spacial score (nSPS) is 10.8. The Hall–Kier alpha value is -3.16. The minimum absolute atomic E-state index is 0.276. The highest BCUT2D eigenvalue weighted by Gasteiger charge is 2.19. The van der Waals surface area contributed by atoms with Gasteiger partial charge >= 0.3 is 0 Å². The summed E-state index contributed by atoms with van der Waals surface area (Å²) in [5.41, 5.74) is 3.46. The highest BCUT2D eigenvalue weighted by Crippen LogP contribution is 2.31. The van der Waals surface area contributed by atoms with Crippen LogP contribution in [0.3, 0.4) is 0 Å². The Morgan fingerprint density at radius 3 is 2.60 bits per heavy atom. The quantitative estimate of drug-likeness (QED) is 0.753. The number of pyridine rings is 1. The second-order valence-corrected chi connectivity index (χ2v) is 5.63. The number of aromatic nitrogens is 4. The predicted octanol–water partition coefficient (Wildman–Crippen LogP) is 1.84. The van der Waals surface area contributed by atoms with Crippen LogP contribution in [-0.2, 0) is 0 Å². The Morgan fingerprint density at radius 1 is 1.20 bits per heavy atom. The maximum absolute atomic E-state index is 11.9. The fourth-order valence-corrected chi connectivity index (χ4v) is 2.75. The van der Waals surface area contributed by atoms with E-state index in [-0.39, 0.29) is 11.6 Å². The lowest BCUT2D eigenvalue weighted by Crippen LogP contribution is -2.19. The number of carbonyl (C=O) groups is 1. The van der Waals surface area contributed by atoms with Gasteiger partial charge in [0.05, 0.1) is 18.3 Å². The zero-order valence-electron chi connectivity index (χ0n) is 14.8. The average Bonchev–Trinajstić information content (AvgIpc) is 3.01. The monoisotopic (exact) mass is 340 g/mol. The van der Waals surface area contributed by atoms with Crippen LogP contribution in [0.5, 0.6) is 5.75 Å². The van der Waals surface area contributed by atoms with Crippen molar-refractivity contribution in [1.82, 2.24) is 25.3 Å². The first-order valence-corrected chi connectivity index (χ1v) is 7.82. The summed E-state index contributed by atoms with van der Waals surface area (Å²) in [6, 6.07) is 5.79. The van der Waals surface area contributed by atoms with Crippen molar-refractivity contribution < 1.29 is 9.53 Å². The van der Waals surface area contributed by atoms with Crippen LogP contribution in [0.25, 0.3) is 16.6 Å². The molecule has 3 rings (SSSR count). The molecule has 8 heteroatoms. The Morgan fingerprint density at radius 2 is 1.96 bits per heavy atom. The molecule has 0 spiro atoms. The van der Waals surface area contributed by atoms with E-state index in [1.165, 1.54) is 0 Å². The van der Waals surface area contributed by atoms with Gasteiger partial charge in [-0.15, -0.1) is 5.10 Å². The molecule has 8 nitrogen and oxygen atoms in total. The lowest BCUT2D eigenvalue weighted by Gasteiger charge is -2.13. The molecule has 2 aromatic heterocycles. The number of ether oxygens (including phenoxy) is 1. The standard InChI is InChI=1S/C17H20N6O2/c1-9-6-15(18-3)20-12-8-13(14(25-5)7-11(9)12)23-10(2)16(21-22-23)17(24)19-4/h6-8H,1-5H3,(H,18,20)(H,19,24). The second kappa shape index (κ2) is 6.39. The summed E-state index contributed by atoms with van der Waals surface area (Å²) in [7, 11) is 4.99. The van der Waals surface area contributed by atoms with Gasteiger partial charge in [-0.05, 0) is 37.6 Å². The van der Waals surface area contributed by atoms with Crippen molar-refractivity contribution in [3.63, 3.8) is 0 Å². The minimum atomic E-state index is -0.282. The molecule has 0 atom stereocenters. The van der Waals surface area contributed by atoms with Crippen molar-refractivity contribution in [3.8, 4) is 11.4 Å². The average molecular weight is 340 g/mol. The van der Waals surface area contributed by atoms with Crippen molar-refractivity contribution in [1.29, 1.82) is 0 Å². The zero-order chi connectivity index (χ0) is 18.1. The molecule has 3 aromatic rings. The predicted molar refractivity (Wildman–Crippen MR) is 95.6 cm³/mol. The van der Waals surface area contributed by atoms with Crippen LogP contribution in [0.2, 0.25) is 0 Å². The SMILES string of the molecule is CNC(=O)c1nnn(-c2cc3nc(NC)cc(C)c3cc2OC)c1C. The van der Waals surface area contributed by atoms with Crippen LogP contribution >= 0.6 is 0 Å². The molecule has 25 heavy (non-hydrogen) atoms. The maximum Gasteiger partial charge on any atom is 0.273 e. The molecule has 0 fully saturated rings. The third-order valence-electron chi connectivity index (χ3n) is 4.14. The molecule has 0 aliphatic carbocycles. The number of rotatable bonds is 4.